The van der Waals surface area contributed by atoms with Gasteiger partial charge in [0.25, 0.3) is 5.56 Å². The third-order valence-electron chi connectivity index (χ3n) is 6.84. The third kappa shape index (κ3) is 2.05. The largest absolute Gasteiger partial charge is 0.508 e. The van der Waals surface area contributed by atoms with E-state index in [1.54, 1.807) is 29.7 Å². The quantitative estimate of drug-likeness (QED) is 0.472. The smallest absolute Gasteiger partial charge is 0.343 e. The van der Waals surface area contributed by atoms with Crippen LogP contribution in [0.4, 0.5) is 0 Å². The van der Waals surface area contributed by atoms with Crippen LogP contribution in [0.25, 0.3) is 22.3 Å². The first-order chi connectivity index (χ1) is 14.4. The molecule has 1 atom stereocenters. The molecule has 1 aromatic carbocycles. The van der Waals surface area contributed by atoms with E-state index in [4.69, 9.17) is 9.72 Å². The van der Waals surface area contributed by atoms with Crippen molar-refractivity contribution in [3.05, 3.63) is 56.4 Å². The Hall–Kier alpha value is -3.19. The van der Waals surface area contributed by atoms with Crippen molar-refractivity contribution >= 4 is 16.9 Å². The van der Waals surface area contributed by atoms with Gasteiger partial charge < -0.3 is 19.5 Å². The number of ether oxygens (including phenoxy) is 1. The Morgan fingerprint density at radius 2 is 2.00 bits per heavy atom. The molecule has 0 bridgehead atoms. The summed E-state index contributed by atoms with van der Waals surface area (Å²) in [7, 11) is 0. The van der Waals surface area contributed by atoms with Gasteiger partial charge in [0.15, 0.2) is 5.60 Å². The van der Waals surface area contributed by atoms with Gasteiger partial charge in [-0.1, -0.05) is 6.92 Å². The van der Waals surface area contributed by atoms with Crippen LogP contribution in [0.1, 0.15) is 47.6 Å². The maximum Gasteiger partial charge on any atom is 0.343 e. The molecule has 2 aromatic heterocycles. The molecule has 0 saturated carbocycles. The van der Waals surface area contributed by atoms with Gasteiger partial charge in [-0.15, -0.1) is 0 Å². The number of aromatic hydroxyl groups is 1. The first-order valence-corrected chi connectivity index (χ1v) is 10.3. The van der Waals surface area contributed by atoms with E-state index in [0.717, 1.165) is 35.8 Å². The minimum atomic E-state index is -1.83. The van der Waals surface area contributed by atoms with Gasteiger partial charge in [-0.3, -0.25) is 4.79 Å². The van der Waals surface area contributed by atoms with Crippen molar-refractivity contribution < 1.29 is 19.7 Å². The van der Waals surface area contributed by atoms with Crippen molar-refractivity contribution in [3.8, 4) is 17.1 Å². The standard InChI is InChI=1S/C23H20N2O5/c1-2-23(29)16-8-18-20-14(9-25(18)21(27)15(16)10-30-22(23)28)13-5-3-4-11-6-12(26)7-17(24-20)19(11)13/h6-8,26,29H,2-5,9-10H2,1H3/t23-/m1/s1. The number of carbonyl (C=O) groups is 1. The molecule has 1 aliphatic carbocycles. The summed E-state index contributed by atoms with van der Waals surface area (Å²) in [5, 5.41) is 22.2. The van der Waals surface area contributed by atoms with Crippen molar-refractivity contribution in [2.24, 2.45) is 0 Å². The molecule has 3 aromatic rings. The number of rotatable bonds is 1. The number of carbonyl (C=O) groups excluding carboxylic acids is 1. The lowest BCUT2D eigenvalue weighted by atomic mass is 9.85. The van der Waals surface area contributed by atoms with Crippen molar-refractivity contribution in [1.82, 2.24) is 9.55 Å². The van der Waals surface area contributed by atoms with Crippen LogP contribution in [0.15, 0.2) is 23.0 Å². The van der Waals surface area contributed by atoms with Crippen LogP contribution in [0, 0.1) is 0 Å². The molecule has 2 N–H and O–H groups in total. The van der Waals surface area contributed by atoms with Gasteiger partial charge in [0.05, 0.1) is 29.0 Å². The minimum Gasteiger partial charge on any atom is -0.508 e. The number of benzene rings is 1. The number of aliphatic hydroxyl groups is 1. The zero-order chi connectivity index (χ0) is 20.8. The van der Waals surface area contributed by atoms with Gasteiger partial charge >= 0.3 is 5.97 Å². The molecule has 152 valence electrons. The van der Waals surface area contributed by atoms with E-state index in [0.29, 0.717) is 34.6 Å². The molecule has 7 heteroatoms. The Bertz CT molecular complexity index is 1360. The average Bonchev–Trinajstić information content (AvgIpc) is 3.10. The highest BCUT2D eigenvalue weighted by atomic mass is 16.6. The Balaban J connectivity index is 1.68. The molecule has 30 heavy (non-hydrogen) atoms. The number of pyridine rings is 2. The lowest BCUT2D eigenvalue weighted by Crippen LogP contribution is -2.44. The van der Waals surface area contributed by atoms with Crippen LogP contribution in [0.3, 0.4) is 0 Å². The lowest BCUT2D eigenvalue weighted by Gasteiger charge is -2.31. The van der Waals surface area contributed by atoms with Crippen molar-refractivity contribution in [2.45, 2.75) is 51.4 Å². The Morgan fingerprint density at radius 3 is 2.80 bits per heavy atom. The van der Waals surface area contributed by atoms with Crippen molar-refractivity contribution in [1.29, 1.82) is 0 Å². The molecule has 2 aliphatic heterocycles. The Labute approximate surface area is 171 Å². The number of aromatic nitrogens is 2. The first kappa shape index (κ1) is 17.7. The molecule has 4 heterocycles. The fourth-order valence-electron chi connectivity index (χ4n) is 5.31. The van der Waals surface area contributed by atoms with Gasteiger partial charge in [-0.25, -0.2) is 9.78 Å². The van der Waals surface area contributed by atoms with E-state index in [-0.39, 0.29) is 24.3 Å². The summed E-state index contributed by atoms with van der Waals surface area (Å²) < 4.78 is 6.79. The van der Waals surface area contributed by atoms with E-state index in [1.807, 2.05) is 0 Å². The normalized spacial score (nSPS) is 21.2. The van der Waals surface area contributed by atoms with E-state index >= 15 is 0 Å². The molecule has 0 unspecified atom stereocenters. The molecular weight excluding hydrogens is 384 g/mol. The lowest BCUT2D eigenvalue weighted by molar-refractivity contribution is -0.172. The molecular formula is C23H20N2O5. The van der Waals surface area contributed by atoms with Crippen LogP contribution < -0.4 is 5.56 Å². The van der Waals surface area contributed by atoms with Gasteiger partial charge in [0, 0.05) is 22.6 Å². The zero-order valence-corrected chi connectivity index (χ0v) is 16.5. The molecule has 0 radical (unpaired) electrons. The SMILES string of the molecule is CC[C@]1(O)C(=O)OCc2c1cc1n(c2=O)Cc2c-1nc1cc(O)cc3c1c2CCC3. The van der Waals surface area contributed by atoms with Gasteiger partial charge in [-0.2, -0.15) is 0 Å². The molecule has 3 aliphatic rings. The fraction of sp³-hybridized carbons (Fsp3) is 0.348. The number of phenolic OH excluding ortho intramolecular Hbond substituents is 1. The molecule has 0 spiro atoms. The highest BCUT2D eigenvalue weighted by molar-refractivity contribution is 5.92. The summed E-state index contributed by atoms with van der Waals surface area (Å²) in [5.41, 5.74) is 3.83. The highest BCUT2D eigenvalue weighted by Crippen LogP contribution is 2.42. The predicted molar refractivity (Wildman–Crippen MR) is 108 cm³/mol. The second-order valence-electron chi connectivity index (χ2n) is 8.37. The van der Waals surface area contributed by atoms with Crippen LogP contribution in [-0.2, 0) is 41.1 Å². The predicted octanol–water partition coefficient (Wildman–Crippen LogP) is 2.27. The van der Waals surface area contributed by atoms with E-state index in [1.165, 1.54) is 5.56 Å². The van der Waals surface area contributed by atoms with Gasteiger partial charge in [0.2, 0.25) is 0 Å². The van der Waals surface area contributed by atoms with Crippen LogP contribution in [-0.4, -0.2) is 25.7 Å². The third-order valence-corrected chi connectivity index (χ3v) is 6.84. The zero-order valence-electron chi connectivity index (χ0n) is 16.5. The summed E-state index contributed by atoms with van der Waals surface area (Å²) in [5.74, 6) is -0.544. The summed E-state index contributed by atoms with van der Waals surface area (Å²) in [4.78, 5) is 30.4. The van der Waals surface area contributed by atoms with Crippen LogP contribution in [0.5, 0.6) is 5.75 Å². The maximum atomic E-state index is 13.3. The Kier molecular flexibility index (Phi) is 3.35. The molecule has 0 saturated heterocycles. The second-order valence-corrected chi connectivity index (χ2v) is 8.37. The molecule has 6 rings (SSSR count). The summed E-state index contributed by atoms with van der Waals surface area (Å²) in [6.07, 6.45) is 2.87. The molecule has 0 fully saturated rings. The number of hydrogen-bond donors (Lipinski definition) is 2. The summed E-state index contributed by atoms with van der Waals surface area (Å²) >= 11 is 0. The topological polar surface area (TPSA) is 102 Å². The number of cyclic esters (lactones) is 1. The number of hydrogen-bond acceptors (Lipinski definition) is 6. The minimum absolute atomic E-state index is 0.113. The number of esters is 1. The molecule has 7 nitrogen and oxygen atoms in total. The van der Waals surface area contributed by atoms with Crippen molar-refractivity contribution in [3.63, 3.8) is 0 Å². The summed E-state index contributed by atoms with van der Waals surface area (Å²) in [6, 6.07) is 5.19. The number of aryl methyl sites for hydroxylation is 2. The van der Waals surface area contributed by atoms with Crippen LogP contribution in [0.2, 0.25) is 0 Å². The van der Waals surface area contributed by atoms with E-state index in [2.05, 4.69) is 0 Å². The Morgan fingerprint density at radius 1 is 1.17 bits per heavy atom. The number of nitrogens with zero attached hydrogens (tertiary/aromatic N) is 2. The fourth-order valence-corrected chi connectivity index (χ4v) is 5.31. The molecule has 0 amide bonds. The van der Waals surface area contributed by atoms with Gasteiger partial charge in [0.1, 0.15) is 12.4 Å². The average molecular weight is 404 g/mol. The second kappa shape index (κ2) is 5.70. The first-order valence-electron chi connectivity index (χ1n) is 10.3. The van der Waals surface area contributed by atoms with Crippen molar-refractivity contribution in [2.75, 3.05) is 0 Å². The number of fused-ring (bicyclic) bond motifs is 5. The highest BCUT2D eigenvalue weighted by Gasteiger charge is 2.45. The monoisotopic (exact) mass is 404 g/mol. The maximum absolute atomic E-state index is 13.3. The van der Waals surface area contributed by atoms with E-state index < -0.39 is 11.6 Å². The van der Waals surface area contributed by atoms with Crippen LogP contribution >= 0.6 is 0 Å². The number of phenols is 1. The van der Waals surface area contributed by atoms with Gasteiger partial charge in [-0.05, 0) is 48.9 Å². The summed E-state index contributed by atoms with van der Waals surface area (Å²) in [6.45, 7) is 1.97. The van der Waals surface area contributed by atoms with E-state index in [9.17, 15) is 19.8 Å².